The molecule has 0 radical (unpaired) electrons. The normalized spacial score (nSPS) is 14.9. The summed E-state index contributed by atoms with van der Waals surface area (Å²) in [7, 11) is 1.62. The third-order valence-corrected chi connectivity index (χ3v) is 6.50. The fourth-order valence-electron chi connectivity index (χ4n) is 4.17. The molecule has 0 saturated heterocycles. The molecule has 8 heteroatoms. The van der Waals surface area contributed by atoms with Crippen molar-refractivity contribution in [3.8, 4) is 16.3 Å². The van der Waals surface area contributed by atoms with Crippen LogP contribution in [0.4, 0.5) is 5.69 Å². The van der Waals surface area contributed by atoms with Gasteiger partial charge in [-0.3, -0.25) is 14.8 Å². The Morgan fingerprint density at radius 2 is 1.91 bits per heavy atom. The van der Waals surface area contributed by atoms with Crippen molar-refractivity contribution in [1.29, 1.82) is 0 Å². The van der Waals surface area contributed by atoms with Gasteiger partial charge in [0.05, 0.1) is 35.9 Å². The van der Waals surface area contributed by atoms with Crippen LogP contribution in [0.3, 0.4) is 0 Å². The van der Waals surface area contributed by atoms with Gasteiger partial charge in [-0.2, -0.15) is 5.10 Å². The first-order chi connectivity index (χ1) is 16.1. The Labute approximate surface area is 194 Å². The van der Waals surface area contributed by atoms with Crippen molar-refractivity contribution in [2.24, 2.45) is 0 Å². The van der Waals surface area contributed by atoms with Crippen LogP contribution < -0.4 is 9.64 Å². The summed E-state index contributed by atoms with van der Waals surface area (Å²) in [6.45, 7) is 2.06. The molecule has 0 bridgehead atoms. The van der Waals surface area contributed by atoms with Gasteiger partial charge >= 0.3 is 5.97 Å². The number of benzene rings is 2. The Bertz CT molecular complexity index is 1310. The number of rotatable bonds is 6. The van der Waals surface area contributed by atoms with Gasteiger partial charge in [0.2, 0.25) is 0 Å². The van der Waals surface area contributed by atoms with Crippen LogP contribution >= 0.6 is 11.3 Å². The summed E-state index contributed by atoms with van der Waals surface area (Å²) in [6.07, 6.45) is 0. The number of hydrogen-bond donors (Lipinski definition) is 1. The lowest BCUT2D eigenvalue weighted by atomic mass is 9.97. The molecule has 0 saturated carbocycles. The molecule has 0 fully saturated rings. The van der Waals surface area contributed by atoms with Gasteiger partial charge in [0.15, 0.2) is 5.69 Å². The summed E-state index contributed by atoms with van der Waals surface area (Å²) in [4.78, 5) is 28.4. The minimum Gasteiger partial charge on any atom is -0.496 e. The molecule has 0 spiro atoms. The van der Waals surface area contributed by atoms with E-state index in [1.54, 1.807) is 54.5 Å². The number of thiophene rings is 1. The zero-order chi connectivity index (χ0) is 22.9. The number of hydrogen-bond acceptors (Lipinski definition) is 6. The molecule has 2 aromatic carbocycles. The summed E-state index contributed by atoms with van der Waals surface area (Å²) in [5.41, 5.74) is 3.93. The average Bonchev–Trinajstić information content (AvgIpc) is 3.57. The molecule has 0 aliphatic carbocycles. The second-order valence-corrected chi connectivity index (χ2v) is 8.37. The number of esters is 1. The lowest BCUT2D eigenvalue weighted by molar-refractivity contribution is 0.0526. The fraction of sp³-hybridized carbons (Fsp3) is 0.160. The summed E-state index contributed by atoms with van der Waals surface area (Å²) in [5.74, 6) is 0.0599. The Morgan fingerprint density at radius 3 is 2.61 bits per heavy atom. The van der Waals surface area contributed by atoms with Gasteiger partial charge in [-0.05, 0) is 48.7 Å². The minimum atomic E-state index is -0.451. The fourth-order valence-corrected chi connectivity index (χ4v) is 4.91. The Kier molecular flexibility index (Phi) is 5.43. The summed E-state index contributed by atoms with van der Waals surface area (Å²) in [5, 5.41) is 9.44. The van der Waals surface area contributed by atoms with Gasteiger partial charge in [0.1, 0.15) is 5.75 Å². The highest BCUT2D eigenvalue weighted by molar-refractivity contribution is 7.13. The second-order valence-electron chi connectivity index (χ2n) is 7.43. The van der Waals surface area contributed by atoms with E-state index < -0.39 is 12.0 Å². The summed E-state index contributed by atoms with van der Waals surface area (Å²) >= 11 is 1.58. The molecule has 1 unspecified atom stereocenters. The first-order valence-electron chi connectivity index (χ1n) is 10.5. The first kappa shape index (κ1) is 21.0. The number of carbonyl (C=O) groups is 2. The number of aromatic nitrogens is 2. The predicted molar refractivity (Wildman–Crippen MR) is 126 cm³/mol. The van der Waals surface area contributed by atoms with E-state index in [-0.39, 0.29) is 5.91 Å². The van der Waals surface area contributed by atoms with Crippen molar-refractivity contribution in [2.75, 3.05) is 18.6 Å². The van der Waals surface area contributed by atoms with Crippen LogP contribution in [-0.2, 0) is 4.74 Å². The number of fused-ring (bicyclic) bond motifs is 1. The zero-order valence-electron chi connectivity index (χ0n) is 18.1. The van der Waals surface area contributed by atoms with E-state index in [1.165, 1.54) is 0 Å². The molecule has 166 valence electrons. The van der Waals surface area contributed by atoms with E-state index in [1.807, 2.05) is 41.8 Å². The predicted octanol–water partition coefficient (Wildman–Crippen LogP) is 5.07. The van der Waals surface area contributed by atoms with Crippen molar-refractivity contribution in [3.63, 3.8) is 0 Å². The highest BCUT2D eigenvalue weighted by atomic mass is 32.1. The first-order valence-corrected chi connectivity index (χ1v) is 11.4. The number of nitrogens with zero attached hydrogens (tertiary/aromatic N) is 2. The van der Waals surface area contributed by atoms with Gasteiger partial charge in [-0.1, -0.05) is 24.3 Å². The highest BCUT2D eigenvalue weighted by Gasteiger charge is 2.44. The highest BCUT2D eigenvalue weighted by Crippen LogP contribution is 2.47. The maximum atomic E-state index is 13.6. The summed E-state index contributed by atoms with van der Waals surface area (Å²) < 4.78 is 10.7. The molecule has 1 amide bonds. The number of para-hydroxylation sites is 1. The van der Waals surface area contributed by atoms with Crippen molar-refractivity contribution >= 4 is 28.9 Å². The molecule has 3 heterocycles. The van der Waals surface area contributed by atoms with Crippen LogP contribution in [0.15, 0.2) is 66.0 Å². The van der Waals surface area contributed by atoms with Crippen LogP contribution in [-0.4, -0.2) is 35.8 Å². The van der Waals surface area contributed by atoms with Crippen molar-refractivity contribution in [2.45, 2.75) is 13.0 Å². The minimum absolute atomic E-state index is 0.219. The maximum Gasteiger partial charge on any atom is 0.338 e. The second kappa shape index (κ2) is 8.55. The molecule has 1 aliphatic rings. The standard InChI is InChI=1S/C25H21N3O4S/c1-3-32-25(30)15-10-12-16(13-11-15)28-23(17-7-4-5-8-18(17)31-2)20-21(19-9-6-14-33-19)26-27-22(20)24(28)29/h4-14,23H,3H2,1-2H3,(H,26,27). The van der Waals surface area contributed by atoms with E-state index in [4.69, 9.17) is 9.47 Å². The maximum absolute atomic E-state index is 13.6. The van der Waals surface area contributed by atoms with E-state index in [0.29, 0.717) is 29.3 Å². The number of amides is 1. The van der Waals surface area contributed by atoms with Crippen LogP contribution in [0.25, 0.3) is 10.6 Å². The van der Waals surface area contributed by atoms with Gasteiger partial charge in [0, 0.05) is 16.8 Å². The molecule has 1 aliphatic heterocycles. The third kappa shape index (κ3) is 3.48. The largest absolute Gasteiger partial charge is 0.496 e. The Balaban J connectivity index is 1.66. The lowest BCUT2D eigenvalue weighted by Gasteiger charge is -2.27. The van der Waals surface area contributed by atoms with Gasteiger partial charge in [-0.15, -0.1) is 11.3 Å². The molecule has 7 nitrogen and oxygen atoms in total. The van der Waals surface area contributed by atoms with E-state index in [9.17, 15) is 9.59 Å². The number of aromatic amines is 1. The molecule has 33 heavy (non-hydrogen) atoms. The van der Waals surface area contributed by atoms with Gasteiger partial charge in [-0.25, -0.2) is 4.79 Å². The number of nitrogens with one attached hydrogen (secondary N) is 1. The summed E-state index contributed by atoms with van der Waals surface area (Å²) in [6, 6.07) is 18.0. The molecule has 2 aromatic heterocycles. The van der Waals surface area contributed by atoms with Crippen LogP contribution in [0.2, 0.25) is 0 Å². The Hall–Kier alpha value is -3.91. The molecular formula is C25H21N3O4S. The van der Waals surface area contributed by atoms with E-state index in [0.717, 1.165) is 21.7 Å². The number of methoxy groups -OCH3 is 1. The third-order valence-electron chi connectivity index (χ3n) is 5.61. The monoisotopic (exact) mass is 459 g/mol. The molecule has 4 aromatic rings. The van der Waals surface area contributed by atoms with Crippen LogP contribution in [0.1, 0.15) is 44.9 Å². The number of H-pyrrole nitrogens is 1. The van der Waals surface area contributed by atoms with Crippen LogP contribution in [0, 0.1) is 0 Å². The molecule has 1 atom stereocenters. The van der Waals surface area contributed by atoms with Gasteiger partial charge < -0.3 is 9.47 Å². The number of anilines is 1. The SMILES string of the molecule is CCOC(=O)c1ccc(N2C(=O)c3n[nH]c(-c4cccs4)c3C2c2ccccc2OC)cc1. The number of carbonyl (C=O) groups excluding carboxylic acids is 2. The molecule has 5 rings (SSSR count). The van der Waals surface area contributed by atoms with Crippen LogP contribution in [0.5, 0.6) is 5.75 Å². The topological polar surface area (TPSA) is 84.5 Å². The van der Waals surface area contributed by atoms with Crippen molar-refractivity contribution < 1.29 is 19.1 Å². The molecular weight excluding hydrogens is 438 g/mol. The smallest absolute Gasteiger partial charge is 0.338 e. The van der Waals surface area contributed by atoms with Gasteiger partial charge in [0.25, 0.3) is 5.91 Å². The Morgan fingerprint density at radius 1 is 1.12 bits per heavy atom. The average molecular weight is 460 g/mol. The molecule has 1 N–H and O–H groups in total. The quantitative estimate of drug-likeness (QED) is 0.407. The van der Waals surface area contributed by atoms with E-state index in [2.05, 4.69) is 10.2 Å². The lowest BCUT2D eigenvalue weighted by Crippen LogP contribution is -2.29. The van der Waals surface area contributed by atoms with Crippen molar-refractivity contribution in [3.05, 3.63) is 88.4 Å². The van der Waals surface area contributed by atoms with E-state index >= 15 is 0 Å². The van der Waals surface area contributed by atoms with Crippen molar-refractivity contribution in [1.82, 2.24) is 10.2 Å². The zero-order valence-corrected chi connectivity index (χ0v) is 18.9. The number of ether oxygens (including phenoxy) is 2.